The number of nitrogens with zero attached hydrogens (tertiary/aromatic N) is 2. The minimum atomic E-state index is 0.0530. The number of ketones is 1. The molecule has 1 aromatic heterocycles. The Hall–Kier alpha value is -2.62. The summed E-state index contributed by atoms with van der Waals surface area (Å²) in [6.45, 7) is 1.96. The Morgan fingerprint density at radius 3 is 2.57 bits per heavy atom. The Labute approximate surface area is 123 Å². The molecule has 106 valence electrons. The molecule has 0 fully saturated rings. The first-order valence-electron chi connectivity index (χ1n) is 6.79. The average molecular weight is 280 g/mol. The highest BCUT2D eigenvalue weighted by molar-refractivity contribution is 5.94. The van der Waals surface area contributed by atoms with Crippen molar-refractivity contribution < 1.29 is 9.53 Å². The van der Waals surface area contributed by atoms with Crippen molar-refractivity contribution in [3.63, 3.8) is 0 Å². The quantitative estimate of drug-likeness (QED) is 0.688. The molecular weight excluding hydrogens is 264 g/mol. The van der Waals surface area contributed by atoms with E-state index in [0.29, 0.717) is 12.2 Å². The summed E-state index contributed by atoms with van der Waals surface area (Å²) in [7, 11) is 1.92. The van der Waals surface area contributed by atoms with Crippen molar-refractivity contribution >= 4 is 16.7 Å². The Bertz CT molecular complexity index is 788. The second kappa shape index (κ2) is 5.40. The van der Waals surface area contributed by atoms with Crippen molar-refractivity contribution in [2.75, 3.05) is 0 Å². The minimum absolute atomic E-state index is 0.0530. The first kappa shape index (κ1) is 13.4. The molecule has 1 heterocycles. The molecule has 0 N–H and O–H groups in total. The van der Waals surface area contributed by atoms with E-state index in [9.17, 15) is 4.79 Å². The second-order valence-corrected chi connectivity index (χ2v) is 4.96. The van der Waals surface area contributed by atoms with E-state index in [4.69, 9.17) is 4.74 Å². The highest BCUT2D eigenvalue weighted by Crippen LogP contribution is 2.20. The number of benzene rings is 2. The number of fused-ring (bicyclic) bond motifs is 1. The smallest absolute Gasteiger partial charge is 0.159 e. The van der Waals surface area contributed by atoms with Gasteiger partial charge < -0.3 is 4.74 Å². The molecule has 0 aliphatic carbocycles. The molecule has 0 saturated carbocycles. The van der Waals surface area contributed by atoms with Gasteiger partial charge in [0.1, 0.15) is 18.1 Å². The number of Topliss-reactive ketones (excluding diaryl/α,β-unsaturated/α-hetero) is 1. The van der Waals surface area contributed by atoms with E-state index in [2.05, 4.69) is 5.10 Å². The molecule has 0 aliphatic heterocycles. The fourth-order valence-electron chi connectivity index (χ4n) is 2.33. The third kappa shape index (κ3) is 2.65. The summed E-state index contributed by atoms with van der Waals surface area (Å²) in [5.41, 5.74) is 2.68. The SMILES string of the molecule is CC(=O)c1ccc(OCc2nn(C)c3ccccc23)cc1. The highest BCUT2D eigenvalue weighted by atomic mass is 16.5. The predicted molar refractivity (Wildman–Crippen MR) is 81.5 cm³/mol. The van der Waals surface area contributed by atoms with E-state index in [1.54, 1.807) is 19.1 Å². The summed E-state index contributed by atoms with van der Waals surface area (Å²) in [6, 6.07) is 15.2. The molecule has 0 unspecified atom stereocenters. The molecule has 0 bridgehead atoms. The van der Waals surface area contributed by atoms with E-state index in [0.717, 1.165) is 22.3 Å². The minimum Gasteiger partial charge on any atom is -0.487 e. The summed E-state index contributed by atoms with van der Waals surface area (Å²) in [6.07, 6.45) is 0. The lowest BCUT2D eigenvalue weighted by molar-refractivity contribution is 0.101. The van der Waals surface area contributed by atoms with Crippen molar-refractivity contribution in [1.82, 2.24) is 9.78 Å². The molecule has 0 aliphatic rings. The molecule has 0 atom stereocenters. The highest BCUT2D eigenvalue weighted by Gasteiger charge is 2.08. The van der Waals surface area contributed by atoms with Crippen molar-refractivity contribution in [3.8, 4) is 5.75 Å². The van der Waals surface area contributed by atoms with Crippen molar-refractivity contribution in [3.05, 3.63) is 59.8 Å². The summed E-state index contributed by atoms with van der Waals surface area (Å²) in [5, 5.41) is 5.59. The standard InChI is InChI=1S/C17H16N2O2/c1-12(20)13-7-9-14(10-8-13)21-11-16-15-5-3-4-6-17(15)19(2)18-16/h3-10H,11H2,1-2H3. The molecule has 4 nitrogen and oxygen atoms in total. The summed E-state index contributed by atoms with van der Waals surface area (Å²) < 4.78 is 7.62. The van der Waals surface area contributed by atoms with Crippen molar-refractivity contribution in [1.29, 1.82) is 0 Å². The zero-order valence-electron chi connectivity index (χ0n) is 12.0. The van der Waals surface area contributed by atoms with Gasteiger partial charge in [-0.15, -0.1) is 0 Å². The van der Waals surface area contributed by atoms with Crippen molar-refractivity contribution in [2.24, 2.45) is 7.05 Å². The number of aryl methyl sites for hydroxylation is 1. The fraction of sp³-hybridized carbons (Fsp3) is 0.176. The van der Waals surface area contributed by atoms with Crippen LogP contribution < -0.4 is 4.74 Å². The maximum atomic E-state index is 11.2. The Kier molecular flexibility index (Phi) is 3.44. The van der Waals surface area contributed by atoms with Crippen LogP contribution in [0, 0.1) is 0 Å². The van der Waals surface area contributed by atoms with Crippen LogP contribution in [0.25, 0.3) is 10.9 Å². The number of ether oxygens (including phenoxy) is 1. The third-order valence-electron chi connectivity index (χ3n) is 3.47. The molecule has 0 radical (unpaired) electrons. The molecule has 21 heavy (non-hydrogen) atoms. The van der Waals surface area contributed by atoms with Crippen LogP contribution in [0.1, 0.15) is 23.0 Å². The number of hydrogen-bond acceptors (Lipinski definition) is 3. The zero-order chi connectivity index (χ0) is 14.8. The average Bonchev–Trinajstić information content (AvgIpc) is 2.83. The number of hydrogen-bond donors (Lipinski definition) is 0. The van der Waals surface area contributed by atoms with Crippen molar-refractivity contribution in [2.45, 2.75) is 13.5 Å². The van der Waals surface area contributed by atoms with E-state index in [-0.39, 0.29) is 5.78 Å². The molecule has 2 aromatic carbocycles. The van der Waals surface area contributed by atoms with Gasteiger partial charge in [-0.05, 0) is 37.3 Å². The Morgan fingerprint density at radius 2 is 1.86 bits per heavy atom. The summed E-state index contributed by atoms with van der Waals surface area (Å²) >= 11 is 0. The molecular formula is C17H16N2O2. The molecule has 4 heteroatoms. The van der Waals surface area contributed by atoms with Crippen LogP contribution in [-0.2, 0) is 13.7 Å². The topological polar surface area (TPSA) is 44.1 Å². The van der Waals surface area contributed by atoms with Gasteiger partial charge in [0.2, 0.25) is 0 Å². The van der Waals surface area contributed by atoms with Crippen LogP contribution >= 0.6 is 0 Å². The predicted octanol–water partition coefficient (Wildman–Crippen LogP) is 3.35. The van der Waals surface area contributed by atoms with Crippen LogP contribution in [0.15, 0.2) is 48.5 Å². The Morgan fingerprint density at radius 1 is 1.14 bits per heavy atom. The van der Waals surface area contributed by atoms with Gasteiger partial charge in [-0.1, -0.05) is 18.2 Å². The molecule has 3 aromatic rings. The summed E-state index contributed by atoms with van der Waals surface area (Å²) in [5.74, 6) is 0.784. The first-order valence-corrected chi connectivity index (χ1v) is 6.79. The van der Waals surface area contributed by atoms with E-state index in [1.165, 1.54) is 0 Å². The third-order valence-corrected chi connectivity index (χ3v) is 3.47. The van der Waals surface area contributed by atoms with Crippen LogP contribution in [0.3, 0.4) is 0 Å². The molecule has 0 spiro atoms. The lowest BCUT2D eigenvalue weighted by Gasteiger charge is -2.05. The van der Waals surface area contributed by atoms with Gasteiger partial charge in [0.25, 0.3) is 0 Å². The van der Waals surface area contributed by atoms with Crippen LogP contribution in [-0.4, -0.2) is 15.6 Å². The maximum Gasteiger partial charge on any atom is 0.159 e. The summed E-state index contributed by atoms with van der Waals surface area (Å²) in [4.78, 5) is 11.2. The van der Waals surface area contributed by atoms with Crippen LogP contribution in [0.4, 0.5) is 0 Å². The van der Waals surface area contributed by atoms with Gasteiger partial charge in [-0.2, -0.15) is 5.10 Å². The van der Waals surface area contributed by atoms with Gasteiger partial charge in [-0.3, -0.25) is 9.48 Å². The number of carbonyl (C=O) groups is 1. The maximum absolute atomic E-state index is 11.2. The fourth-order valence-corrected chi connectivity index (χ4v) is 2.33. The normalized spacial score (nSPS) is 10.8. The molecule has 0 amide bonds. The second-order valence-electron chi connectivity index (χ2n) is 4.96. The number of aromatic nitrogens is 2. The largest absolute Gasteiger partial charge is 0.487 e. The zero-order valence-corrected chi connectivity index (χ0v) is 12.0. The van der Waals surface area contributed by atoms with Gasteiger partial charge in [0, 0.05) is 18.0 Å². The monoisotopic (exact) mass is 280 g/mol. The lowest BCUT2D eigenvalue weighted by Crippen LogP contribution is -1.99. The van der Waals surface area contributed by atoms with Crippen LogP contribution in [0.5, 0.6) is 5.75 Å². The number of carbonyl (C=O) groups excluding carboxylic acids is 1. The van der Waals surface area contributed by atoms with E-state index in [1.807, 2.05) is 48.1 Å². The van der Waals surface area contributed by atoms with Gasteiger partial charge in [-0.25, -0.2) is 0 Å². The number of para-hydroxylation sites is 1. The molecule has 3 rings (SSSR count). The number of rotatable bonds is 4. The lowest BCUT2D eigenvalue weighted by atomic mass is 10.1. The van der Waals surface area contributed by atoms with E-state index < -0.39 is 0 Å². The molecule has 0 saturated heterocycles. The van der Waals surface area contributed by atoms with Gasteiger partial charge in [0.15, 0.2) is 5.78 Å². The Balaban J connectivity index is 1.79. The van der Waals surface area contributed by atoms with E-state index >= 15 is 0 Å². The van der Waals surface area contributed by atoms with Gasteiger partial charge in [0.05, 0.1) is 5.52 Å². The first-order chi connectivity index (χ1) is 10.1. The van der Waals surface area contributed by atoms with Gasteiger partial charge >= 0.3 is 0 Å². The van der Waals surface area contributed by atoms with Crippen LogP contribution in [0.2, 0.25) is 0 Å².